The van der Waals surface area contributed by atoms with E-state index in [1.54, 1.807) is 0 Å². The molecule has 190 valence electrons. The number of benzene rings is 2. The molecular formula is C31H38N2O3. The Bertz CT molecular complexity index is 1060. The highest BCUT2D eigenvalue weighted by Crippen LogP contribution is 2.40. The Kier molecular flexibility index (Phi) is 9.48. The molecule has 0 saturated heterocycles. The zero-order chi connectivity index (χ0) is 25.1. The number of aromatic nitrogens is 2. The van der Waals surface area contributed by atoms with Crippen LogP contribution in [0.5, 0.6) is 11.5 Å². The number of hydrogen-bond acceptors (Lipinski definition) is 5. The fourth-order valence-corrected chi connectivity index (χ4v) is 4.96. The van der Waals surface area contributed by atoms with E-state index in [1.807, 2.05) is 67.0 Å². The molecule has 1 aliphatic rings. The minimum atomic E-state index is -0.694. The Balaban J connectivity index is 1.38. The predicted molar refractivity (Wildman–Crippen MR) is 143 cm³/mol. The van der Waals surface area contributed by atoms with Crippen LogP contribution < -0.4 is 9.47 Å². The minimum absolute atomic E-state index is 0.211. The van der Waals surface area contributed by atoms with Gasteiger partial charge < -0.3 is 9.47 Å². The van der Waals surface area contributed by atoms with Crippen LogP contribution in [-0.2, 0) is 10.2 Å². The molecule has 36 heavy (non-hydrogen) atoms. The molecule has 5 heteroatoms. The topological polar surface area (TPSA) is 61.3 Å². The first-order valence-corrected chi connectivity index (χ1v) is 13.5. The number of para-hydroxylation sites is 1. The highest BCUT2D eigenvalue weighted by atomic mass is 16.5. The Morgan fingerprint density at radius 3 is 2.17 bits per heavy atom. The lowest BCUT2D eigenvalue weighted by Crippen LogP contribution is -2.41. The average molecular weight is 487 g/mol. The summed E-state index contributed by atoms with van der Waals surface area (Å²) in [5, 5.41) is 0. The van der Waals surface area contributed by atoms with Gasteiger partial charge in [0, 0.05) is 23.5 Å². The summed E-state index contributed by atoms with van der Waals surface area (Å²) in [7, 11) is 0. The molecule has 1 aromatic heterocycles. The fourth-order valence-electron chi connectivity index (χ4n) is 4.96. The van der Waals surface area contributed by atoms with E-state index in [0.717, 1.165) is 62.0 Å². The molecule has 1 fully saturated rings. The van der Waals surface area contributed by atoms with Crippen LogP contribution in [0.15, 0.2) is 67.0 Å². The maximum Gasteiger partial charge on any atom is 0.322 e. The van der Waals surface area contributed by atoms with Crippen molar-refractivity contribution >= 4 is 5.97 Å². The lowest BCUT2D eigenvalue weighted by atomic mass is 9.70. The first-order chi connectivity index (χ1) is 17.7. The fraction of sp³-hybridized carbons (Fsp3) is 0.452. The summed E-state index contributed by atoms with van der Waals surface area (Å²) in [6.07, 6.45) is 15.8. The summed E-state index contributed by atoms with van der Waals surface area (Å²) < 4.78 is 11.7. The number of nitrogens with zero attached hydrogens (tertiary/aromatic N) is 2. The van der Waals surface area contributed by atoms with E-state index in [2.05, 4.69) is 16.9 Å². The molecule has 0 bridgehead atoms. The van der Waals surface area contributed by atoms with Crippen molar-refractivity contribution in [3.63, 3.8) is 0 Å². The van der Waals surface area contributed by atoms with E-state index in [4.69, 9.17) is 9.47 Å². The highest BCUT2D eigenvalue weighted by Gasteiger charge is 2.43. The molecule has 0 amide bonds. The van der Waals surface area contributed by atoms with E-state index in [0.29, 0.717) is 11.6 Å². The molecular weight excluding hydrogens is 448 g/mol. The third kappa shape index (κ3) is 6.71. The van der Waals surface area contributed by atoms with Gasteiger partial charge in [0.15, 0.2) is 5.82 Å². The van der Waals surface area contributed by atoms with E-state index < -0.39 is 5.41 Å². The monoisotopic (exact) mass is 486 g/mol. The van der Waals surface area contributed by atoms with E-state index in [-0.39, 0.29) is 5.97 Å². The number of ether oxygens (including phenoxy) is 2. The van der Waals surface area contributed by atoms with Crippen molar-refractivity contribution in [2.45, 2.75) is 83.0 Å². The van der Waals surface area contributed by atoms with E-state index in [9.17, 15) is 4.79 Å². The molecule has 3 aromatic rings. The van der Waals surface area contributed by atoms with Crippen molar-refractivity contribution in [3.8, 4) is 22.9 Å². The van der Waals surface area contributed by atoms with Gasteiger partial charge in [-0.1, -0.05) is 76.5 Å². The molecule has 0 unspecified atom stereocenters. The van der Waals surface area contributed by atoms with Crippen LogP contribution >= 0.6 is 0 Å². The van der Waals surface area contributed by atoms with Gasteiger partial charge in [0.25, 0.3) is 0 Å². The zero-order valence-corrected chi connectivity index (χ0v) is 21.5. The van der Waals surface area contributed by atoms with Gasteiger partial charge in [-0.05, 0) is 55.7 Å². The van der Waals surface area contributed by atoms with Crippen LogP contribution in [0.1, 0.15) is 83.1 Å². The molecule has 1 aliphatic carbocycles. The molecule has 2 aromatic carbocycles. The zero-order valence-electron chi connectivity index (χ0n) is 21.5. The normalized spacial score (nSPS) is 14.8. The summed E-state index contributed by atoms with van der Waals surface area (Å²) in [5.74, 6) is 1.87. The van der Waals surface area contributed by atoms with Gasteiger partial charge in [-0.2, -0.15) is 0 Å². The van der Waals surface area contributed by atoms with Crippen molar-refractivity contribution in [3.05, 3.63) is 72.6 Å². The Morgan fingerprint density at radius 2 is 1.47 bits per heavy atom. The van der Waals surface area contributed by atoms with Gasteiger partial charge in [0.1, 0.15) is 11.5 Å². The summed E-state index contributed by atoms with van der Waals surface area (Å²) in [4.78, 5) is 22.6. The first kappa shape index (κ1) is 25.9. The maximum absolute atomic E-state index is 13.4. The second kappa shape index (κ2) is 13.2. The van der Waals surface area contributed by atoms with Gasteiger partial charge in [0.05, 0.1) is 12.0 Å². The van der Waals surface area contributed by atoms with Gasteiger partial charge in [-0.3, -0.25) is 4.79 Å². The van der Waals surface area contributed by atoms with Crippen LogP contribution in [0.25, 0.3) is 11.4 Å². The third-order valence-corrected chi connectivity index (χ3v) is 7.14. The second-order valence-corrected chi connectivity index (χ2v) is 9.78. The molecule has 0 spiro atoms. The number of carbonyl (C=O) groups excluding carboxylic acids is 1. The number of unbranched alkanes of at least 4 members (excludes halogenated alkanes) is 5. The largest absolute Gasteiger partial charge is 0.494 e. The summed E-state index contributed by atoms with van der Waals surface area (Å²) in [5.41, 5.74) is 1.07. The van der Waals surface area contributed by atoms with Gasteiger partial charge in [0.2, 0.25) is 0 Å². The maximum atomic E-state index is 13.4. The Labute approximate surface area is 215 Å². The third-order valence-electron chi connectivity index (χ3n) is 7.14. The lowest BCUT2D eigenvalue weighted by molar-refractivity contribution is -0.142. The molecule has 1 saturated carbocycles. The van der Waals surface area contributed by atoms with Crippen molar-refractivity contribution in [2.75, 3.05) is 6.61 Å². The molecule has 1 heterocycles. The van der Waals surface area contributed by atoms with Crippen LogP contribution in [0, 0.1) is 0 Å². The van der Waals surface area contributed by atoms with Crippen molar-refractivity contribution < 1.29 is 14.3 Å². The molecule has 0 radical (unpaired) electrons. The molecule has 4 rings (SSSR count). The molecule has 0 N–H and O–H groups in total. The smallest absolute Gasteiger partial charge is 0.322 e. The summed E-state index contributed by atoms with van der Waals surface area (Å²) in [6.45, 7) is 2.99. The second-order valence-electron chi connectivity index (χ2n) is 9.78. The van der Waals surface area contributed by atoms with Gasteiger partial charge >= 0.3 is 5.97 Å². The van der Waals surface area contributed by atoms with Crippen LogP contribution in [0.3, 0.4) is 0 Å². The van der Waals surface area contributed by atoms with E-state index in [1.165, 1.54) is 32.1 Å². The van der Waals surface area contributed by atoms with Crippen molar-refractivity contribution in [1.29, 1.82) is 0 Å². The predicted octanol–water partition coefficient (Wildman–Crippen LogP) is 7.69. The molecule has 0 atom stereocenters. The average Bonchev–Trinajstić information content (AvgIpc) is 2.94. The number of rotatable bonds is 12. The quantitative estimate of drug-likeness (QED) is 0.149. The number of esters is 1. The van der Waals surface area contributed by atoms with Crippen molar-refractivity contribution in [1.82, 2.24) is 9.97 Å². The standard InChI is InChI=1S/C31H38N2O3/c1-2-3-4-5-6-13-22-35-27-18-16-25(17-19-27)29-32-23-26(24-33-29)31(20-11-8-12-21-31)30(34)36-28-14-9-7-10-15-28/h7,9-10,14-19,23-24H,2-6,8,11-13,20-22H2,1H3. The lowest BCUT2D eigenvalue weighted by Gasteiger charge is -2.34. The first-order valence-electron chi connectivity index (χ1n) is 13.5. The van der Waals surface area contributed by atoms with Crippen LogP contribution in [0.2, 0.25) is 0 Å². The SMILES string of the molecule is CCCCCCCCOc1ccc(-c2ncc(C3(C(=O)Oc4ccccc4)CCCCC3)cn2)cc1. The molecule has 0 aliphatic heterocycles. The van der Waals surface area contributed by atoms with Crippen LogP contribution in [-0.4, -0.2) is 22.5 Å². The van der Waals surface area contributed by atoms with Crippen LogP contribution in [0.4, 0.5) is 0 Å². The number of carbonyl (C=O) groups is 1. The molecule has 5 nitrogen and oxygen atoms in total. The minimum Gasteiger partial charge on any atom is -0.494 e. The number of hydrogen-bond donors (Lipinski definition) is 0. The van der Waals surface area contributed by atoms with E-state index >= 15 is 0 Å². The Morgan fingerprint density at radius 1 is 0.806 bits per heavy atom. The highest BCUT2D eigenvalue weighted by molar-refractivity contribution is 5.85. The summed E-state index contributed by atoms with van der Waals surface area (Å²) >= 11 is 0. The van der Waals surface area contributed by atoms with Gasteiger partial charge in [-0.25, -0.2) is 9.97 Å². The summed E-state index contributed by atoms with van der Waals surface area (Å²) in [6, 6.07) is 17.2. The van der Waals surface area contributed by atoms with Gasteiger partial charge in [-0.15, -0.1) is 0 Å². The Hall–Kier alpha value is -3.21. The van der Waals surface area contributed by atoms with Crippen molar-refractivity contribution in [2.24, 2.45) is 0 Å².